The zero-order chi connectivity index (χ0) is 15.6. The van der Waals surface area contributed by atoms with Gasteiger partial charge in [0.25, 0.3) is 0 Å². The molecule has 2 nitrogen and oxygen atoms in total. The van der Waals surface area contributed by atoms with Crippen LogP contribution in [0.15, 0.2) is 18.2 Å². The molecule has 0 N–H and O–H groups in total. The van der Waals surface area contributed by atoms with Crippen molar-refractivity contribution in [2.45, 2.75) is 52.3 Å². The molecule has 0 aromatic heterocycles. The second kappa shape index (κ2) is 5.85. The first kappa shape index (κ1) is 16.5. The van der Waals surface area contributed by atoms with Crippen LogP contribution in [0.5, 0.6) is 0 Å². The maximum atomic E-state index is 12.8. The van der Waals surface area contributed by atoms with Crippen LogP contribution >= 0.6 is 0 Å². The van der Waals surface area contributed by atoms with Gasteiger partial charge in [-0.05, 0) is 51.0 Å². The molecule has 112 valence electrons. The molecule has 0 aliphatic carbocycles. The van der Waals surface area contributed by atoms with Crippen LogP contribution in [0, 0.1) is 0 Å². The largest absolute Gasteiger partial charge is 0.456 e. The van der Waals surface area contributed by atoms with E-state index in [9.17, 15) is 18.0 Å². The number of aryl methyl sites for hydroxylation is 1. The lowest BCUT2D eigenvalue weighted by molar-refractivity contribution is -0.137. The van der Waals surface area contributed by atoms with E-state index in [2.05, 4.69) is 0 Å². The van der Waals surface area contributed by atoms with Crippen LogP contribution in [-0.2, 0) is 17.3 Å². The second-order valence-corrected chi connectivity index (χ2v) is 5.67. The normalized spacial score (nSPS) is 12.3. The highest BCUT2D eigenvalue weighted by Gasteiger charge is 2.32. The predicted molar refractivity (Wildman–Crippen MR) is 70.6 cm³/mol. The highest BCUT2D eigenvalue weighted by atomic mass is 19.4. The average molecular weight is 288 g/mol. The van der Waals surface area contributed by atoms with E-state index in [1.165, 1.54) is 6.07 Å². The summed E-state index contributed by atoms with van der Waals surface area (Å²) in [5.74, 6) is -0.735. The maximum absolute atomic E-state index is 12.8. The zero-order valence-corrected chi connectivity index (χ0v) is 12.1. The minimum absolute atomic E-state index is 0.0572. The third-order valence-electron chi connectivity index (χ3n) is 2.49. The Morgan fingerprint density at radius 3 is 2.20 bits per heavy atom. The third kappa shape index (κ3) is 4.87. The van der Waals surface area contributed by atoms with E-state index in [-0.39, 0.29) is 5.56 Å². The average Bonchev–Trinajstić information content (AvgIpc) is 2.25. The molecular weight excluding hydrogens is 269 g/mol. The van der Waals surface area contributed by atoms with E-state index in [1.807, 2.05) is 6.92 Å². The fraction of sp³-hybridized carbons (Fsp3) is 0.533. The Morgan fingerprint density at radius 2 is 1.75 bits per heavy atom. The van der Waals surface area contributed by atoms with Gasteiger partial charge in [0.2, 0.25) is 0 Å². The Morgan fingerprint density at radius 1 is 1.15 bits per heavy atom. The first-order valence-electron chi connectivity index (χ1n) is 6.47. The highest BCUT2D eigenvalue weighted by Crippen LogP contribution is 2.31. The quantitative estimate of drug-likeness (QED) is 0.759. The molecule has 0 aliphatic heterocycles. The van der Waals surface area contributed by atoms with Gasteiger partial charge >= 0.3 is 12.1 Å². The number of halogens is 3. The number of hydrogen-bond acceptors (Lipinski definition) is 2. The van der Waals surface area contributed by atoms with Gasteiger partial charge in [0.15, 0.2) is 0 Å². The lowest BCUT2D eigenvalue weighted by Gasteiger charge is -2.20. The van der Waals surface area contributed by atoms with E-state index in [0.717, 1.165) is 12.1 Å². The van der Waals surface area contributed by atoms with Crippen molar-refractivity contribution in [3.63, 3.8) is 0 Å². The van der Waals surface area contributed by atoms with Crippen molar-refractivity contribution < 1.29 is 22.7 Å². The summed E-state index contributed by atoms with van der Waals surface area (Å²) in [4.78, 5) is 11.9. The first-order valence-corrected chi connectivity index (χ1v) is 6.47. The molecule has 0 bridgehead atoms. The van der Waals surface area contributed by atoms with Crippen molar-refractivity contribution in [1.82, 2.24) is 0 Å². The van der Waals surface area contributed by atoms with Crippen molar-refractivity contribution in [3.05, 3.63) is 34.9 Å². The highest BCUT2D eigenvalue weighted by molar-refractivity contribution is 5.90. The standard InChI is InChI=1S/C15H19F3O2/c1-5-6-10-7-11(13(19)20-14(2,3)4)9-12(8-10)15(16,17)18/h7-9H,5-6H2,1-4H3. The van der Waals surface area contributed by atoms with Crippen LogP contribution in [0.25, 0.3) is 0 Å². The van der Waals surface area contributed by atoms with Gasteiger partial charge < -0.3 is 4.74 Å². The molecule has 0 spiro atoms. The fourth-order valence-electron chi connectivity index (χ4n) is 1.74. The predicted octanol–water partition coefficient (Wildman–Crippen LogP) is 4.61. The van der Waals surface area contributed by atoms with E-state index in [0.29, 0.717) is 18.4 Å². The van der Waals surface area contributed by atoms with E-state index < -0.39 is 23.3 Å². The van der Waals surface area contributed by atoms with Crippen LogP contribution < -0.4 is 0 Å². The molecule has 0 saturated heterocycles. The second-order valence-electron chi connectivity index (χ2n) is 5.67. The monoisotopic (exact) mass is 288 g/mol. The lowest BCUT2D eigenvalue weighted by Crippen LogP contribution is -2.24. The van der Waals surface area contributed by atoms with Crippen molar-refractivity contribution >= 4 is 5.97 Å². The van der Waals surface area contributed by atoms with Gasteiger partial charge in [-0.15, -0.1) is 0 Å². The summed E-state index contributed by atoms with van der Waals surface area (Å²) in [5.41, 5.74) is -1.12. The molecule has 0 fully saturated rings. The van der Waals surface area contributed by atoms with E-state index in [4.69, 9.17) is 4.74 Å². The number of carbonyl (C=O) groups excluding carboxylic acids is 1. The number of hydrogen-bond donors (Lipinski definition) is 0. The number of ether oxygens (including phenoxy) is 1. The molecule has 0 unspecified atom stereocenters. The molecule has 1 rings (SSSR count). The minimum Gasteiger partial charge on any atom is -0.456 e. The van der Waals surface area contributed by atoms with Crippen LogP contribution in [-0.4, -0.2) is 11.6 Å². The Hall–Kier alpha value is -1.52. The van der Waals surface area contributed by atoms with Gasteiger partial charge in [-0.25, -0.2) is 4.79 Å². The number of rotatable bonds is 3. The summed E-state index contributed by atoms with van der Waals surface area (Å²) >= 11 is 0. The van der Waals surface area contributed by atoms with E-state index >= 15 is 0 Å². The van der Waals surface area contributed by atoms with Gasteiger partial charge in [-0.3, -0.25) is 0 Å². The molecule has 20 heavy (non-hydrogen) atoms. The molecule has 0 radical (unpaired) electrons. The molecule has 0 heterocycles. The van der Waals surface area contributed by atoms with Gasteiger partial charge in [0, 0.05) is 0 Å². The molecule has 1 aromatic rings. The van der Waals surface area contributed by atoms with Crippen molar-refractivity contribution in [2.24, 2.45) is 0 Å². The Kier molecular flexibility index (Phi) is 4.84. The number of esters is 1. The molecule has 0 atom stereocenters. The Bertz CT molecular complexity index is 485. The summed E-state index contributed by atoms with van der Waals surface area (Å²) in [6.45, 7) is 6.88. The summed E-state index contributed by atoms with van der Waals surface area (Å²) in [6.07, 6.45) is -3.28. The van der Waals surface area contributed by atoms with Gasteiger partial charge in [-0.1, -0.05) is 13.3 Å². The molecule has 0 aliphatic rings. The number of alkyl halides is 3. The summed E-state index contributed by atoms with van der Waals surface area (Å²) in [6, 6.07) is 3.39. The zero-order valence-electron chi connectivity index (χ0n) is 12.1. The Balaban J connectivity index is 3.18. The fourth-order valence-corrected chi connectivity index (χ4v) is 1.74. The minimum atomic E-state index is -4.47. The smallest absolute Gasteiger partial charge is 0.416 e. The van der Waals surface area contributed by atoms with Crippen molar-refractivity contribution in [3.8, 4) is 0 Å². The third-order valence-corrected chi connectivity index (χ3v) is 2.49. The van der Waals surface area contributed by atoms with Gasteiger partial charge in [-0.2, -0.15) is 13.2 Å². The van der Waals surface area contributed by atoms with Crippen LogP contribution in [0.3, 0.4) is 0 Å². The van der Waals surface area contributed by atoms with Crippen molar-refractivity contribution in [1.29, 1.82) is 0 Å². The van der Waals surface area contributed by atoms with Crippen LogP contribution in [0.4, 0.5) is 13.2 Å². The summed E-state index contributed by atoms with van der Waals surface area (Å²) < 4.78 is 43.6. The molecule has 5 heteroatoms. The van der Waals surface area contributed by atoms with Crippen LogP contribution in [0.1, 0.15) is 55.6 Å². The summed E-state index contributed by atoms with van der Waals surface area (Å²) in [5, 5.41) is 0. The van der Waals surface area contributed by atoms with Gasteiger partial charge in [0.05, 0.1) is 11.1 Å². The van der Waals surface area contributed by atoms with Crippen LogP contribution in [0.2, 0.25) is 0 Å². The topological polar surface area (TPSA) is 26.3 Å². The molecule has 0 saturated carbocycles. The molecule has 1 aromatic carbocycles. The van der Waals surface area contributed by atoms with Gasteiger partial charge in [0.1, 0.15) is 5.60 Å². The number of carbonyl (C=O) groups is 1. The Labute approximate surface area is 116 Å². The van der Waals surface area contributed by atoms with E-state index in [1.54, 1.807) is 20.8 Å². The lowest BCUT2D eigenvalue weighted by atomic mass is 10.0. The molecule has 0 amide bonds. The first-order chi connectivity index (χ1) is 9.03. The summed E-state index contributed by atoms with van der Waals surface area (Å²) in [7, 11) is 0. The number of benzene rings is 1. The molecular formula is C15H19F3O2. The SMILES string of the molecule is CCCc1cc(C(=O)OC(C)(C)C)cc(C(F)(F)F)c1. The van der Waals surface area contributed by atoms with Crippen molar-refractivity contribution in [2.75, 3.05) is 0 Å². The maximum Gasteiger partial charge on any atom is 0.416 e.